The molecule has 4 rings (SSSR count). The van der Waals surface area contributed by atoms with E-state index in [4.69, 9.17) is 10.3 Å². The summed E-state index contributed by atoms with van der Waals surface area (Å²) in [6.07, 6.45) is 7.70. The highest BCUT2D eigenvalue weighted by molar-refractivity contribution is 8.70. The SMILES string of the molecule is CC12CC3CC(C)(C1)CC(CN=C(N)CSS(=O)(=O)O)(C3)C2. The van der Waals surface area contributed by atoms with Crippen LogP contribution in [0.1, 0.15) is 52.4 Å². The normalized spacial score (nSPS) is 44.5. The van der Waals surface area contributed by atoms with Gasteiger partial charge in [0, 0.05) is 17.3 Å². The van der Waals surface area contributed by atoms with Gasteiger partial charge in [-0.15, -0.1) is 0 Å². The van der Waals surface area contributed by atoms with E-state index in [0.717, 1.165) is 5.92 Å². The van der Waals surface area contributed by atoms with Gasteiger partial charge < -0.3 is 5.73 Å². The largest absolute Gasteiger partial charge is 0.387 e. The van der Waals surface area contributed by atoms with Crippen molar-refractivity contribution in [1.29, 1.82) is 0 Å². The summed E-state index contributed by atoms with van der Waals surface area (Å²) in [6.45, 7) is 5.55. The Balaban J connectivity index is 1.70. The zero-order valence-electron chi connectivity index (χ0n) is 13.3. The van der Waals surface area contributed by atoms with E-state index in [-0.39, 0.29) is 11.2 Å². The van der Waals surface area contributed by atoms with Crippen molar-refractivity contribution in [2.75, 3.05) is 12.3 Å². The van der Waals surface area contributed by atoms with Crippen LogP contribution in [0, 0.1) is 22.2 Å². The zero-order chi connectivity index (χ0) is 16.2. The smallest absolute Gasteiger partial charge is 0.320 e. The molecule has 0 spiro atoms. The highest BCUT2D eigenvalue weighted by Crippen LogP contribution is 2.69. The molecule has 4 saturated carbocycles. The van der Waals surface area contributed by atoms with Crippen molar-refractivity contribution in [3.63, 3.8) is 0 Å². The number of nitrogens with two attached hydrogens (primary N) is 1. The van der Waals surface area contributed by atoms with Crippen LogP contribution in [0.5, 0.6) is 0 Å². The van der Waals surface area contributed by atoms with Crippen LogP contribution in [0.3, 0.4) is 0 Å². The molecular formula is C15H26N2O3S2. The third kappa shape index (κ3) is 3.46. The van der Waals surface area contributed by atoms with Gasteiger partial charge in [0.15, 0.2) is 0 Å². The van der Waals surface area contributed by atoms with E-state index < -0.39 is 9.15 Å². The molecule has 0 aromatic carbocycles. The van der Waals surface area contributed by atoms with E-state index in [1.807, 2.05) is 0 Å². The molecule has 0 aromatic rings. The average Bonchev–Trinajstić information content (AvgIpc) is 2.28. The van der Waals surface area contributed by atoms with Crippen molar-refractivity contribution < 1.29 is 13.0 Å². The van der Waals surface area contributed by atoms with E-state index >= 15 is 0 Å². The molecule has 2 atom stereocenters. The summed E-state index contributed by atoms with van der Waals surface area (Å²) < 4.78 is 30.3. The molecular weight excluding hydrogens is 320 g/mol. The van der Waals surface area contributed by atoms with E-state index in [1.165, 1.54) is 38.5 Å². The summed E-state index contributed by atoms with van der Waals surface area (Å²) in [7, 11) is -3.62. The molecule has 0 radical (unpaired) electrons. The second kappa shape index (κ2) is 5.11. The Morgan fingerprint density at radius 1 is 1.23 bits per heavy atom. The van der Waals surface area contributed by atoms with Crippen LogP contribution >= 0.6 is 10.8 Å². The topological polar surface area (TPSA) is 92.8 Å². The molecule has 22 heavy (non-hydrogen) atoms. The lowest BCUT2D eigenvalue weighted by atomic mass is 9.40. The van der Waals surface area contributed by atoms with Gasteiger partial charge in [-0.25, -0.2) is 0 Å². The fourth-order valence-electron chi connectivity index (χ4n) is 6.31. The first-order valence-electron chi connectivity index (χ1n) is 7.91. The van der Waals surface area contributed by atoms with Crippen molar-refractivity contribution in [2.45, 2.75) is 52.4 Å². The lowest BCUT2D eigenvalue weighted by Gasteiger charge is -2.65. The van der Waals surface area contributed by atoms with E-state index in [9.17, 15) is 8.42 Å². The quantitative estimate of drug-likeness (QED) is 0.345. The molecule has 5 nitrogen and oxygen atoms in total. The minimum atomic E-state index is -4.05. The fourth-order valence-corrected chi connectivity index (χ4v) is 7.48. The first-order chi connectivity index (χ1) is 10.0. The van der Waals surface area contributed by atoms with Crippen molar-refractivity contribution in [1.82, 2.24) is 0 Å². The van der Waals surface area contributed by atoms with Gasteiger partial charge in [-0.05, 0) is 60.7 Å². The molecule has 0 aliphatic heterocycles. The lowest BCUT2D eigenvalue weighted by molar-refractivity contribution is -0.140. The number of aliphatic imine (C=N–C) groups is 1. The highest BCUT2D eigenvalue weighted by atomic mass is 33.1. The molecule has 2 unspecified atom stereocenters. The lowest BCUT2D eigenvalue weighted by Crippen LogP contribution is -2.56. The molecule has 4 aliphatic carbocycles. The molecule has 0 aromatic heterocycles. The number of amidine groups is 1. The van der Waals surface area contributed by atoms with Crippen LogP contribution < -0.4 is 5.73 Å². The maximum Gasteiger partial charge on any atom is 0.320 e. The van der Waals surface area contributed by atoms with Crippen molar-refractivity contribution in [3.05, 3.63) is 0 Å². The molecule has 3 N–H and O–H groups in total. The molecule has 126 valence electrons. The second-order valence-electron chi connectivity index (χ2n) is 8.63. The zero-order valence-corrected chi connectivity index (χ0v) is 15.0. The first-order valence-corrected chi connectivity index (χ1v) is 10.9. The van der Waals surface area contributed by atoms with Gasteiger partial charge in [0.05, 0.1) is 5.75 Å². The first kappa shape index (κ1) is 16.6. The van der Waals surface area contributed by atoms with Crippen molar-refractivity contribution in [2.24, 2.45) is 32.9 Å². The van der Waals surface area contributed by atoms with E-state index in [0.29, 0.717) is 34.0 Å². The predicted octanol–water partition coefficient (Wildman–Crippen LogP) is 2.88. The number of hydrogen-bond acceptors (Lipinski definition) is 4. The Hall–Kier alpha value is -0.270. The summed E-state index contributed by atoms with van der Waals surface area (Å²) in [4.78, 5) is 4.48. The molecule has 0 saturated heterocycles. The number of hydrogen-bond donors (Lipinski definition) is 2. The third-order valence-corrected chi connectivity index (χ3v) is 7.67. The van der Waals surface area contributed by atoms with Crippen LogP contribution in [0.15, 0.2) is 4.99 Å². The molecule has 0 heterocycles. The summed E-state index contributed by atoms with van der Waals surface area (Å²) in [5.74, 6) is 1.16. The van der Waals surface area contributed by atoms with Gasteiger partial charge in [0.2, 0.25) is 0 Å². The standard InChI is InChI=1S/C15H26N2O3S2/c1-13-3-11-4-14(2,7-13)9-15(5-11,8-13)10-17-12(16)6-21-22(18,19)20/h11H,3-10H2,1-2H3,(H2,16,17)(H,18,19,20). The molecule has 4 aliphatic rings. The van der Waals surface area contributed by atoms with E-state index in [2.05, 4.69) is 18.8 Å². The maximum absolute atomic E-state index is 10.8. The maximum atomic E-state index is 10.8. The highest BCUT2D eigenvalue weighted by Gasteiger charge is 2.59. The average molecular weight is 347 g/mol. The van der Waals surface area contributed by atoms with Gasteiger partial charge in [-0.1, -0.05) is 13.8 Å². The molecule has 4 fully saturated rings. The monoisotopic (exact) mass is 346 g/mol. The summed E-state index contributed by atoms with van der Waals surface area (Å²) in [5, 5.41) is 0. The van der Waals surface area contributed by atoms with E-state index in [1.54, 1.807) is 0 Å². The van der Waals surface area contributed by atoms with Crippen LogP contribution in [0.4, 0.5) is 0 Å². The molecule has 7 heteroatoms. The Morgan fingerprint density at radius 2 is 1.82 bits per heavy atom. The number of rotatable bonds is 5. The van der Waals surface area contributed by atoms with Gasteiger partial charge in [0.25, 0.3) is 0 Å². The Morgan fingerprint density at radius 3 is 2.32 bits per heavy atom. The van der Waals surface area contributed by atoms with Crippen LogP contribution in [-0.4, -0.2) is 31.1 Å². The van der Waals surface area contributed by atoms with Gasteiger partial charge in [0.1, 0.15) is 5.84 Å². The predicted molar refractivity (Wildman–Crippen MR) is 90.3 cm³/mol. The van der Waals surface area contributed by atoms with Gasteiger partial charge >= 0.3 is 9.15 Å². The van der Waals surface area contributed by atoms with Crippen molar-refractivity contribution >= 4 is 25.8 Å². The van der Waals surface area contributed by atoms with Gasteiger partial charge in [-0.2, -0.15) is 8.42 Å². The number of nitrogens with zero attached hydrogens (tertiary/aromatic N) is 1. The van der Waals surface area contributed by atoms with Crippen LogP contribution in [-0.2, 0) is 9.15 Å². The fraction of sp³-hybridized carbons (Fsp3) is 0.933. The second-order valence-corrected chi connectivity index (χ2v) is 12.0. The Kier molecular flexibility index (Phi) is 3.85. The summed E-state index contributed by atoms with van der Waals surface area (Å²) in [5.41, 5.74) is 6.97. The van der Waals surface area contributed by atoms with Crippen LogP contribution in [0.2, 0.25) is 0 Å². The van der Waals surface area contributed by atoms with Gasteiger partial charge in [-0.3, -0.25) is 9.55 Å². The summed E-state index contributed by atoms with van der Waals surface area (Å²) in [6, 6.07) is 0. The summed E-state index contributed by atoms with van der Waals surface area (Å²) >= 11 is 0. The Labute approximate surface area is 136 Å². The third-order valence-electron chi connectivity index (χ3n) is 5.72. The molecule has 4 bridgehead atoms. The molecule has 0 amide bonds. The minimum Gasteiger partial charge on any atom is -0.387 e. The Bertz CT molecular complexity index is 584. The van der Waals surface area contributed by atoms with Crippen LogP contribution in [0.25, 0.3) is 0 Å². The minimum absolute atomic E-state index is 0.0346. The van der Waals surface area contributed by atoms with Crippen molar-refractivity contribution in [3.8, 4) is 0 Å².